The van der Waals surface area contributed by atoms with Crippen molar-refractivity contribution in [2.45, 2.75) is 38.6 Å². The summed E-state index contributed by atoms with van der Waals surface area (Å²) in [5, 5.41) is 8.95. The van der Waals surface area contributed by atoms with Gasteiger partial charge in [0.05, 0.1) is 17.9 Å². The van der Waals surface area contributed by atoms with Gasteiger partial charge in [0.2, 0.25) is 10.0 Å². The molecular formula is C14H21NO5S. The topological polar surface area (TPSA) is 92.7 Å². The summed E-state index contributed by atoms with van der Waals surface area (Å²) in [5.74, 6) is -1.29. The molecule has 0 aliphatic heterocycles. The largest absolute Gasteiger partial charge is 0.497 e. The van der Waals surface area contributed by atoms with E-state index in [1.54, 1.807) is 26.0 Å². The minimum absolute atomic E-state index is 0.160. The van der Waals surface area contributed by atoms with Gasteiger partial charge in [0.15, 0.2) is 0 Å². The van der Waals surface area contributed by atoms with E-state index in [4.69, 9.17) is 9.84 Å². The van der Waals surface area contributed by atoms with Crippen LogP contribution in [0.3, 0.4) is 0 Å². The van der Waals surface area contributed by atoms with Crippen molar-refractivity contribution in [3.8, 4) is 5.75 Å². The molecule has 2 atom stereocenters. The second-order valence-corrected chi connectivity index (χ2v) is 6.78. The predicted molar refractivity (Wildman–Crippen MR) is 79.1 cm³/mol. The first-order chi connectivity index (χ1) is 9.60. The number of aryl methyl sites for hydroxylation is 2. The maximum absolute atomic E-state index is 12.5. The Bertz CT molecular complexity index is 616. The molecule has 0 fully saturated rings. The van der Waals surface area contributed by atoms with E-state index in [-0.39, 0.29) is 4.90 Å². The summed E-state index contributed by atoms with van der Waals surface area (Å²) >= 11 is 0. The molecule has 0 bridgehead atoms. The van der Waals surface area contributed by atoms with E-state index in [0.717, 1.165) is 0 Å². The quantitative estimate of drug-likeness (QED) is 0.833. The van der Waals surface area contributed by atoms with Crippen molar-refractivity contribution in [2.24, 2.45) is 5.92 Å². The van der Waals surface area contributed by atoms with Crippen LogP contribution in [-0.2, 0) is 14.8 Å². The Labute approximate surface area is 125 Å². The molecule has 2 N–H and O–H groups in total. The summed E-state index contributed by atoms with van der Waals surface area (Å²) < 4.78 is 32.5. The van der Waals surface area contributed by atoms with Crippen LogP contribution in [0.4, 0.5) is 0 Å². The summed E-state index contributed by atoms with van der Waals surface area (Å²) in [7, 11) is -2.28. The molecule has 7 heteroatoms. The molecule has 1 aromatic carbocycles. The molecule has 0 saturated heterocycles. The molecule has 0 saturated carbocycles. The van der Waals surface area contributed by atoms with E-state index in [1.165, 1.54) is 21.0 Å². The van der Waals surface area contributed by atoms with Crippen LogP contribution >= 0.6 is 0 Å². The van der Waals surface area contributed by atoms with Crippen LogP contribution in [0.15, 0.2) is 17.0 Å². The lowest BCUT2D eigenvalue weighted by Gasteiger charge is -2.20. The monoisotopic (exact) mass is 315 g/mol. The fraction of sp³-hybridized carbons (Fsp3) is 0.500. The van der Waals surface area contributed by atoms with E-state index in [2.05, 4.69) is 4.72 Å². The van der Waals surface area contributed by atoms with Crippen LogP contribution < -0.4 is 9.46 Å². The molecule has 118 valence electrons. The van der Waals surface area contributed by atoms with E-state index < -0.39 is 28.0 Å². The third-order valence-corrected chi connectivity index (χ3v) is 5.28. The van der Waals surface area contributed by atoms with Crippen molar-refractivity contribution in [3.05, 3.63) is 23.3 Å². The summed E-state index contributed by atoms with van der Waals surface area (Å²) in [6.07, 6.45) is 0. The Morgan fingerprint density at radius 2 is 1.71 bits per heavy atom. The van der Waals surface area contributed by atoms with Gasteiger partial charge in [0.1, 0.15) is 5.75 Å². The summed E-state index contributed by atoms with van der Waals surface area (Å²) in [6, 6.07) is 2.55. The van der Waals surface area contributed by atoms with Crippen LogP contribution in [0, 0.1) is 19.8 Å². The second-order valence-electron chi connectivity index (χ2n) is 5.13. The molecule has 21 heavy (non-hydrogen) atoms. The molecule has 0 radical (unpaired) electrons. The number of rotatable bonds is 6. The molecule has 0 aliphatic rings. The zero-order chi connectivity index (χ0) is 16.4. The number of methoxy groups -OCH3 is 1. The number of hydrogen-bond acceptors (Lipinski definition) is 4. The van der Waals surface area contributed by atoms with Crippen LogP contribution in [0.5, 0.6) is 5.75 Å². The second kappa shape index (κ2) is 6.44. The highest BCUT2D eigenvalue weighted by Gasteiger charge is 2.27. The summed E-state index contributed by atoms with van der Waals surface area (Å²) in [4.78, 5) is 11.1. The minimum atomic E-state index is -3.79. The molecule has 0 aliphatic carbocycles. The number of benzene rings is 1. The van der Waals surface area contributed by atoms with Gasteiger partial charge in [0.25, 0.3) is 0 Å². The Balaban J connectivity index is 3.18. The maximum Gasteiger partial charge on any atom is 0.307 e. The zero-order valence-corrected chi connectivity index (χ0v) is 13.6. The number of hydrogen-bond donors (Lipinski definition) is 2. The molecule has 6 nitrogen and oxygen atoms in total. The fourth-order valence-corrected chi connectivity index (χ4v) is 3.85. The van der Waals surface area contributed by atoms with Gasteiger partial charge < -0.3 is 9.84 Å². The van der Waals surface area contributed by atoms with E-state index in [1.807, 2.05) is 0 Å². The number of nitrogens with one attached hydrogen (secondary N) is 1. The van der Waals surface area contributed by atoms with E-state index in [9.17, 15) is 13.2 Å². The third-order valence-electron chi connectivity index (χ3n) is 3.42. The number of aliphatic carboxylic acids is 1. The Morgan fingerprint density at radius 1 is 1.24 bits per heavy atom. The standard InChI is InChI=1S/C14H21NO5S/c1-8-6-12(20-5)7-9(2)13(8)21(18,19)15-11(4)10(3)14(16)17/h6-7,10-11,15H,1-5H3,(H,16,17). The molecule has 0 aromatic heterocycles. The molecule has 0 heterocycles. The number of carbonyl (C=O) groups is 1. The van der Waals surface area contributed by atoms with Crippen molar-refractivity contribution >= 4 is 16.0 Å². The van der Waals surface area contributed by atoms with E-state index >= 15 is 0 Å². The van der Waals surface area contributed by atoms with Crippen molar-refractivity contribution in [1.82, 2.24) is 4.72 Å². The number of carboxylic acid groups (broad SMARTS) is 1. The molecule has 0 spiro atoms. The van der Waals surface area contributed by atoms with Gasteiger partial charge in [-0.1, -0.05) is 6.92 Å². The van der Waals surface area contributed by atoms with Crippen molar-refractivity contribution in [1.29, 1.82) is 0 Å². The molecule has 1 rings (SSSR count). The Hall–Kier alpha value is -1.60. The smallest absolute Gasteiger partial charge is 0.307 e. The number of sulfonamides is 1. The lowest BCUT2D eigenvalue weighted by Crippen LogP contribution is -2.40. The summed E-state index contributed by atoms with van der Waals surface area (Å²) in [6.45, 7) is 6.35. The minimum Gasteiger partial charge on any atom is -0.497 e. The highest BCUT2D eigenvalue weighted by atomic mass is 32.2. The predicted octanol–water partition coefficient (Wildman–Crippen LogP) is 1.70. The van der Waals surface area contributed by atoms with Crippen molar-refractivity contribution in [3.63, 3.8) is 0 Å². The van der Waals surface area contributed by atoms with Crippen LogP contribution in [0.2, 0.25) is 0 Å². The molecule has 0 amide bonds. The van der Waals surface area contributed by atoms with Gasteiger partial charge in [-0.05, 0) is 44.0 Å². The van der Waals surface area contributed by atoms with Gasteiger partial charge in [-0.15, -0.1) is 0 Å². The normalized spacial score (nSPS) is 14.5. The molecule has 2 unspecified atom stereocenters. The average Bonchev–Trinajstić information content (AvgIpc) is 2.35. The van der Waals surface area contributed by atoms with Crippen LogP contribution in [0.25, 0.3) is 0 Å². The van der Waals surface area contributed by atoms with Crippen molar-refractivity contribution in [2.75, 3.05) is 7.11 Å². The van der Waals surface area contributed by atoms with Crippen molar-refractivity contribution < 1.29 is 23.1 Å². The van der Waals surface area contributed by atoms with Gasteiger partial charge in [-0.3, -0.25) is 4.79 Å². The van der Waals surface area contributed by atoms with Gasteiger partial charge in [-0.25, -0.2) is 13.1 Å². The first kappa shape index (κ1) is 17.5. The summed E-state index contributed by atoms with van der Waals surface area (Å²) in [5.41, 5.74) is 1.10. The SMILES string of the molecule is COc1cc(C)c(S(=O)(=O)NC(C)C(C)C(=O)O)c(C)c1. The molecular weight excluding hydrogens is 294 g/mol. The lowest BCUT2D eigenvalue weighted by molar-refractivity contribution is -0.141. The Kier molecular flexibility index (Phi) is 5.36. The molecule has 1 aromatic rings. The van der Waals surface area contributed by atoms with Gasteiger partial charge >= 0.3 is 5.97 Å². The first-order valence-electron chi connectivity index (χ1n) is 6.50. The Morgan fingerprint density at radius 3 is 2.10 bits per heavy atom. The zero-order valence-electron chi connectivity index (χ0n) is 12.8. The van der Waals surface area contributed by atoms with Gasteiger partial charge in [0, 0.05) is 6.04 Å². The number of ether oxygens (including phenoxy) is 1. The third kappa shape index (κ3) is 3.95. The van der Waals surface area contributed by atoms with Crippen LogP contribution in [-0.4, -0.2) is 32.6 Å². The average molecular weight is 315 g/mol. The van der Waals surface area contributed by atoms with Gasteiger partial charge in [-0.2, -0.15) is 0 Å². The first-order valence-corrected chi connectivity index (χ1v) is 7.98. The highest BCUT2D eigenvalue weighted by Crippen LogP contribution is 2.26. The lowest BCUT2D eigenvalue weighted by atomic mass is 10.1. The maximum atomic E-state index is 12.5. The van der Waals surface area contributed by atoms with E-state index in [0.29, 0.717) is 16.9 Å². The van der Waals surface area contributed by atoms with Crippen LogP contribution in [0.1, 0.15) is 25.0 Å². The fourth-order valence-electron chi connectivity index (χ4n) is 2.07. The number of carboxylic acids is 1. The highest BCUT2D eigenvalue weighted by molar-refractivity contribution is 7.89.